The van der Waals surface area contributed by atoms with Gasteiger partial charge < -0.3 is 19.6 Å². The van der Waals surface area contributed by atoms with Crippen LogP contribution in [-0.2, 0) is 9.59 Å². The van der Waals surface area contributed by atoms with Gasteiger partial charge in [-0.3, -0.25) is 24.2 Å². The molecule has 4 fully saturated rings. The SMILES string of the molecule is CC(=O)N1CCC(C(=O)N2CCC(N3CCN(C(=O)c4cc(-c5ccccc5)nc(N5CCN(C)C5=O)c4)CC3)CC2)CC1. The molecular weight excluding hydrogens is 558 g/mol. The number of hydrogen-bond donors (Lipinski definition) is 0. The highest BCUT2D eigenvalue weighted by Crippen LogP contribution is 2.28. The zero-order chi connectivity index (χ0) is 30.8. The number of rotatable bonds is 5. The minimum absolute atomic E-state index is 0.0253. The van der Waals surface area contributed by atoms with Gasteiger partial charge in [0.15, 0.2) is 0 Å². The van der Waals surface area contributed by atoms with Gasteiger partial charge in [-0.05, 0) is 37.8 Å². The van der Waals surface area contributed by atoms with E-state index in [0.29, 0.717) is 62.4 Å². The van der Waals surface area contributed by atoms with Gasteiger partial charge in [0, 0.05) is 103 Å². The molecule has 0 N–H and O–H groups in total. The van der Waals surface area contributed by atoms with Gasteiger partial charge in [0.2, 0.25) is 11.8 Å². The van der Waals surface area contributed by atoms with Crippen LogP contribution in [0.25, 0.3) is 11.3 Å². The molecule has 11 heteroatoms. The first-order valence-corrected chi connectivity index (χ1v) is 16.0. The van der Waals surface area contributed by atoms with Crippen LogP contribution in [0, 0.1) is 5.92 Å². The van der Waals surface area contributed by atoms with Gasteiger partial charge in [0.25, 0.3) is 5.91 Å². The summed E-state index contributed by atoms with van der Waals surface area (Å²) in [5, 5.41) is 0. The lowest BCUT2D eigenvalue weighted by molar-refractivity contribution is -0.141. The van der Waals surface area contributed by atoms with E-state index in [9.17, 15) is 19.2 Å². The first-order valence-electron chi connectivity index (χ1n) is 16.0. The van der Waals surface area contributed by atoms with Crippen LogP contribution in [0.15, 0.2) is 42.5 Å². The summed E-state index contributed by atoms with van der Waals surface area (Å²) in [6, 6.07) is 13.7. The number of carbonyl (C=O) groups excluding carboxylic acids is 4. The lowest BCUT2D eigenvalue weighted by atomic mass is 9.93. The fourth-order valence-corrected chi connectivity index (χ4v) is 7.02. The Morgan fingerprint density at radius 2 is 1.41 bits per heavy atom. The van der Waals surface area contributed by atoms with Gasteiger partial charge >= 0.3 is 6.03 Å². The molecule has 4 aliphatic rings. The van der Waals surface area contributed by atoms with Crippen molar-refractivity contribution in [2.24, 2.45) is 5.92 Å². The highest BCUT2D eigenvalue weighted by Gasteiger charge is 2.35. The molecule has 0 spiro atoms. The number of anilines is 1. The number of amides is 5. The minimum atomic E-state index is -0.110. The van der Waals surface area contributed by atoms with E-state index in [1.807, 2.05) is 51.1 Å². The zero-order valence-corrected chi connectivity index (χ0v) is 25.9. The van der Waals surface area contributed by atoms with E-state index in [-0.39, 0.29) is 29.7 Å². The second-order valence-corrected chi connectivity index (χ2v) is 12.5. The number of carbonyl (C=O) groups is 4. The Kier molecular flexibility index (Phi) is 8.83. The number of pyridine rings is 1. The van der Waals surface area contributed by atoms with E-state index in [0.717, 1.165) is 57.4 Å². The number of aromatic nitrogens is 1. The Morgan fingerprint density at radius 3 is 2.02 bits per heavy atom. The van der Waals surface area contributed by atoms with Crippen LogP contribution in [0.5, 0.6) is 0 Å². The van der Waals surface area contributed by atoms with E-state index in [2.05, 4.69) is 4.90 Å². The monoisotopic (exact) mass is 601 g/mol. The van der Waals surface area contributed by atoms with E-state index in [1.165, 1.54) is 0 Å². The second kappa shape index (κ2) is 12.9. The molecule has 234 valence electrons. The average Bonchev–Trinajstić information content (AvgIpc) is 3.41. The summed E-state index contributed by atoms with van der Waals surface area (Å²) in [5.41, 5.74) is 2.13. The molecule has 6 rings (SSSR count). The summed E-state index contributed by atoms with van der Waals surface area (Å²) in [6.45, 7) is 8.50. The summed E-state index contributed by atoms with van der Waals surface area (Å²) in [7, 11) is 1.78. The fourth-order valence-electron chi connectivity index (χ4n) is 7.02. The predicted molar refractivity (Wildman–Crippen MR) is 167 cm³/mol. The number of piperazine rings is 1. The van der Waals surface area contributed by atoms with Crippen LogP contribution in [0.2, 0.25) is 0 Å². The molecule has 1 aromatic carbocycles. The van der Waals surface area contributed by atoms with Crippen LogP contribution in [0.3, 0.4) is 0 Å². The third-order valence-corrected chi connectivity index (χ3v) is 9.80. The Morgan fingerprint density at radius 1 is 0.750 bits per heavy atom. The highest BCUT2D eigenvalue weighted by atomic mass is 16.2. The van der Waals surface area contributed by atoms with Crippen molar-refractivity contribution in [1.82, 2.24) is 29.5 Å². The van der Waals surface area contributed by atoms with E-state index < -0.39 is 0 Å². The third kappa shape index (κ3) is 6.29. The van der Waals surface area contributed by atoms with Crippen molar-refractivity contribution in [3.63, 3.8) is 0 Å². The number of likely N-dealkylation sites (tertiary alicyclic amines) is 2. The van der Waals surface area contributed by atoms with Crippen molar-refractivity contribution in [3.05, 3.63) is 48.0 Å². The van der Waals surface area contributed by atoms with Gasteiger partial charge in [0.05, 0.1) is 5.69 Å². The van der Waals surface area contributed by atoms with Crippen molar-refractivity contribution in [1.29, 1.82) is 0 Å². The topological polar surface area (TPSA) is 101 Å². The molecule has 0 radical (unpaired) electrons. The molecule has 0 aliphatic carbocycles. The summed E-state index contributed by atoms with van der Waals surface area (Å²) in [4.78, 5) is 67.7. The smallest absolute Gasteiger partial charge is 0.325 e. The van der Waals surface area contributed by atoms with Crippen LogP contribution in [-0.4, -0.2) is 132 Å². The second-order valence-electron chi connectivity index (χ2n) is 12.5. The van der Waals surface area contributed by atoms with Crippen molar-refractivity contribution < 1.29 is 19.2 Å². The Labute approximate surface area is 259 Å². The highest BCUT2D eigenvalue weighted by molar-refractivity contribution is 5.99. The fraction of sp³-hybridized carbons (Fsp3) is 0.545. The lowest BCUT2D eigenvalue weighted by Crippen LogP contribution is -2.55. The molecule has 44 heavy (non-hydrogen) atoms. The summed E-state index contributed by atoms with van der Waals surface area (Å²) in [5.74, 6) is 0.830. The average molecular weight is 602 g/mol. The Hall–Kier alpha value is -3.99. The molecule has 1 aromatic heterocycles. The lowest BCUT2D eigenvalue weighted by Gasteiger charge is -2.43. The van der Waals surface area contributed by atoms with Crippen LogP contribution in [0.1, 0.15) is 43.0 Å². The van der Waals surface area contributed by atoms with Gasteiger partial charge in [-0.2, -0.15) is 0 Å². The van der Waals surface area contributed by atoms with E-state index in [1.54, 1.807) is 29.8 Å². The molecular formula is C33H43N7O4. The van der Waals surface area contributed by atoms with Crippen LogP contribution in [0.4, 0.5) is 10.6 Å². The van der Waals surface area contributed by atoms with Gasteiger partial charge in [-0.15, -0.1) is 0 Å². The molecule has 0 atom stereocenters. The minimum Gasteiger partial charge on any atom is -0.343 e. The first kappa shape index (κ1) is 30.1. The standard InChI is InChI=1S/C33H43N7O4/c1-24(41)36-12-8-26(9-13-36)31(42)38-14-10-28(11-15-38)37-17-19-39(20-18-37)32(43)27-22-29(25-6-4-3-5-7-25)34-30(23-27)40-21-16-35(2)33(40)44/h3-7,22-23,26,28H,8-21H2,1-2H3. The van der Waals surface area contributed by atoms with Crippen molar-refractivity contribution in [3.8, 4) is 11.3 Å². The molecule has 0 bridgehead atoms. The van der Waals surface area contributed by atoms with Gasteiger partial charge in [-0.1, -0.05) is 30.3 Å². The van der Waals surface area contributed by atoms with E-state index >= 15 is 0 Å². The molecule has 5 amide bonds. The number of benzene rings is 1. The third-order valence-electron chi connectivity index (χ3n) is 9.80. The maximum atomic E-state index is 13.8. The van der Waals surface area contributed by atoms with E-state index in [4.69, 9.17) is 4.98 Å². The number of piperidine rings is 2. The predicted octanol–water partition coefficient (Wildman–Crippen LogP) is 2.63. The molecule has 4 aliphatic heterocycles. The molecule has 0 unspecified atom stereocenters. The maximum absolute atomic E-state index is 13.8. The maximum Gasteiger partial charge on any atom is 0.325 e. The Bertz CT molecular complexity index is 1380. The van der Waals surface area contributed by atoms with Crippen molar-refractivity contribution in [2.75, 3.05) is 77.4 Å². The summed E-state index contributed by atoms with van der Waals surface area (Å²) >= 11 is 0. The van der Waals surface area contributed by atoms with Gasteiger partial charge in [-0.25, -0.2) is 9.78 Å². The number of urea groups is 1. The van der Waals surface area contributed by atoms with Crippen molar-refractivity contribution >= 4 is 29.6 Å². The van der Waals surface area contributed by atoms with Crippen LogP contribution < -0.4 is 4.90 Å². The molecule has 5 heterocycles. The zero-order valence-electron chi connectivity index (χ0n) is 25.9. The summed E-state index contributed by atoms with van der Waals surface area (Å²) in [6.07, 6.45) is 3.40. The van der Waals surface area contributed by atoms with Crippen molar-refractivity contribution in [2.45, 2.75) is 38.6 Å². The quantitative estimate of drug-likeness (QED) is 0.523. The molecule has 2 aromatic rings. The van der Waals surface area contributed by atoms with Gasteiger partial charge in [0.1, 0.15) is 5.82 Å². The summed E-state index contributed by atoms with van der Waals surface area (Å²) < 4.78 is 0. The number of nitrogens with zero attached hydrogens (tertiary/aromatic N) is 7. The Balaban J connectivity index is 1.05. The number of hydrogen-bond acceptors (Lipinski definition) is 6. The molecule has 4 saturated heterocycles. The normalized spacial score (nSPS) is 20.9. The first-order chi connectivity index (χ1) is 21.3. The molecule has 11 nitrogen and oxygen atoms in total. The van der Waals surface area contributed by atoms with Crippen LogP contribution >= 0.6 is 0 Å². The number of likely N-dealkylation sites (N-methyl/N-ethyl adjacent to an activating group) is 1. The largest absolute Gasteiger partial charge is 0.343 e. The molecule has 0 saturated carbocycles.